The van der Waals surface area contributed by atoms with Gasteiger partial charge in [0, 0.05) is 10.0 Å². The van der Waals surface area contributed by atoms with Crippen LogP contribution in [0.1, 0.15) is 5.56 Å². The standard InChI is InChI=1S/C13H10BrFN2S/c14-9-7-8(13(16)18)5-6-11(9)17-12-4-2-1-3-10(12)15/h1-7,17H,(H2,16,18). The molecule has 0 amide bonds. The molecule has 0 aromatic heterocycles. The second-order valence-corrected chi connectivity index (χ2v) is 4.96. The minimum Gasteiger partial charge on any atom is -0.389 e. The Balaban J connectivity index is 2.30. The third-order valence-corrected chi connectivity index (χ3v) is 3.29. The van der Waals surface area contributed by atoms with Crippen LogP contribution in [-0.2, 0) is 0 Å². The summed E-state index contributed by atoms with van der Waals surface area (Å²) in [6.07, 6.45) is 0. The second-order valence-electron chi connectivity index (χ2n) is 3.66. The number of anilines is 2. The SMILES string of the molecule is NC(=S)c1ccc(Nc2ccccc2F)c(Br)c1. The number of hydrogen-bond acceptors (Lipinski definition) is 2. The number of benzene rings is 2. The molecule has 0 bridgehead atoms. The van der Waals surface area contributed by atoms with Gasteiger partial charge < -0.3 is 11.1 Å². The minimum absolute atomic E-state index is 0.303. The van der Waals surface area contributed by atoms with Gasteiger partial charge in [-0.2, -0.15) is 0 Å². The van der Waals surface area contributed by atoms with Crippen molar-refractivity contribution in [3.8, 4) is 0 Å². The highest BCUT2D eigenvalue weighted by molar-refractivity contribution is 9.10. The van der Waals surface area contributed by atoms with Crippen molar-refractivity contribution in [2.75, 3.05) is 5.32 Å². The molecule has 0 heterocycles. The van der Waals surface area contributed by atoms with E-state index >= 15 is 0 Å². The van der Waals surface area contributed by atoms with E-state index in [1.807, 2.05) is 0 Å². The van der Waals surface area contributed by atoms with E-state index in [1.165, 1.54) is 6.07 Å². The van der Waals surface area contributed by atoms with Crippen LogP contribution < -0.4 is 11.1 Å². The van der Waals surface area contributed by atoms with Gasteiger partial charge in [-0.3, -0.25) is 0 Å². The summed E-state index contributed by atoms with van der Waals surface area (Å²) in [7, 11) is 0. The highest BCUT2D eigenvalue weighted by Gasteiger charge is 2.06. The van der Waals surface area contributed by atoms with Gasteiger partial charge in [0.1, 0.15) is 10.8 Å². The molecule has 5 heteroatoms. The Morgan fingerprint density at radius 2 is 1.89 bits per heavy atom. The molecule has 0 radical (unpaired) electrons. The van der Waals surface area contributed by atoms with E-state index in [0.29, 0.717) is 10.7 Å². The Bertz CT molecular complexity index is 601. The molecule has 0 aliphatic rings. The van der Waals surface area contributed by atoms with Crippen LogP contribution in [0.15, 0.2) is 46.9 Å². The first-order chi connectivity index (χ1) is 8.58. The molecule has 0 unspecified atom stereocenters. The number of rotatable bonds is 3. The highest BCUT2D eigenvalue weighted by atomic mass is 79.9. The fourth-order valence-electron chi connectivity index (χ4n) is 1.48. The molecule has 0 fully saturated rings. The van der Waals surface area contributed by atoms with Crippen LogP contribution in [0.4, 0.5) is 15.8 Å². The van der Waals surface area contributed by atoms with Gasteiger partial charge in [-0.25, -0.2) is 4.39 Å². The molecule has 2 rings (SSSR count). The first-order valence-electron chi connectivity index (χ1n) is 5.19. The molecule has 0 saturated heterocycles. The Morgan fingerprint density at radius 3 is 2.50 bits per heavy atom. The van der Waals surface area contributed by atoms with E-state index < -0.39 is 0 Å². The molecule has 0 aliphatic heterocycles. The third-order valence-electron chi connectivity index (χ3n) is 2.40. The number of halogens is 2. The molecule has 92 valence electrons. The van der Waals surface area contributed by atoms with Crippen molar-refractivity contribution in [1.82, 2.24) is 0 Å². The van der Waals surface area contributed by atoms with Crippen molar-refractivity contribution in [2.24, 2.45) is 5.73 Å². The summed E-state index contributed by atoms with van der Waals surface area (Å²) in [6, 6.07) is 11.9. The first kappa shape index (κ1) is 13.0. The predicted molar refractivity (Wildman–Crippen MR) is 79.7 cm³/mol. The highest BCUT2D eigenvalue weighted by Crippen LogP contribution is 2.28. The van der Waals surface area contributed by atoms with Gasteiger partial charge in [0.25, 0.3) is 0 Å². The summed E-state index contributed by atoms with van der Waals surface area (Å²) in [5.41, 5.74) is 7.47. The van der Waals surface area contributed by atoms with Gasteiger partial charge in [0.15, 0.2) is 0 Å². The lowest BCUT2D eigenvalue weighted by Crippen LogP contribution is -2.09. The summed E-state index contributed by atoms with van der Waals surface area (Å²) in [5.74, 6) is -0.303. The quantitative estimate of drug-likeness (QED) is 0.839. The van der Waals surface area contributed by atoms with Crippen LogP contribution >= 0.6 is 28.1 Å². The van der Waals surface area contributed by atoms with Crippen LogP contribution in [0.5, 0.6) is 0 Å². The van der Waals surface area contributed by atoms with E-state index in [1.54, 1.807) is 36.4 Å². The molecule has 0 saturated carbocycles. The van der Waals surface area contributed by atoms with Crippen molar-refractivity contribution in [2.45, 2.75) is 0 Å². The van der Waals surface area contributed by atoms with Crippen molar-refractivity contribution < 1.29 is 4.39 Å². The zero-order valence-electron chi connectivity index (χ0n) is 9.28. The number of thiocarbonyl (C=S) groups is 1. The van der Waals surface area contributed by atoms with Gasteiger partial charge in [-0.1, -0.05) is 24.4 Å². The minimum atomic E-state index is -0.303. The van der Waals surface area contributed by atoms with E-state index in [-0.39, 0.29) is 5.82 Å². The molecular weight excluding hydrogens is 315 g/mol. The zero-order valence-corrected chi connectivity index (χ0v) is 11.7. The molecular formula is C13H10BrFN2S. The molecule has 2 aromatic rings. The number of nitrogens with two attached hydrogens (primary N) is 1. The average Bonchev–Trinajstić information content (AvgIpc) is 2.34. The van der Waals surface area contributed by atoms with Gasteiger partial charge in [0.2, 0.25) is 0 Å². The van der Waals surface area contributed by atoms with Crippen LogP contribution in [0, 0.1) is 5.82 Å². The van der Waals surface area contributed by atoms with Crippen LogP contribution in [-0.4, -0.2) is 4.99 Å². The maximum absolute atomic E-state index is 13.5. The molecule has 2 aromatic carbocycles. The predicted octanol–water partition coefficient (Wildman–Crippen LogP) is 3.97. The zero-order chi connectivity index (χ0) is 13.1. The lowest BCUT2D eigenvalue weighted by atomic mass is 10.2. The largest absolute Gasteiger partial charge is 0.389 e. The summed E-state index contributed by atoms with van der Waals surface area (Å²) in [4.78, 5) is 0.327. The second kappa shape index (κ2) is 5.46. The van der Waals surface area contributed by atoms with Gasteiger partial charge in [-0.05, 0) is 46.3 Å². The first-order valence-corrected chi connectivity index (χ1v) is 6.39. The van der Waals surface area contributed by atoms with Gasteiger partial charge in [0.05, 0.1) is 11.4 Å². The maximum atomic E-state index is 13.5. The normalized spacial score (nSPS) is 10.1. The van der Waals surface area contributed by atoms with Gasteiger partial charge >= 0.3 is 0 Å². The summed E-state index contributed by atoms with van der Waals surface area (Å²) in [6.45, 7) is 0. The fraction of sp³-hybridized carbons (Fsp3) is 0. The molecule has 18 heavy (non-hydrogen) atoms. The Labute approximate surface area is 118 Å². The molecule has 0 atom stereocenters. The fourth-order valence-corrected chi connectivity index (χ4v) is 2.08. The summed E-state index contributed by atoms with van der Waals surface area (Å²) in [5, 5.41) is 3.00. The topological polar surface area (TPSA) is 38.0 Å². The third kappa shape index (κ3) is 2.86. The Hall–Kier alpha value is -1.46. The van der Waals surface area contributed by atoms with E-state index in [0.717, 1.165) is 15.7 Å². The van der Waals surface area contributed by atoms with Crippen LogP contribution in [0.2, 0.25) is 0 Å². The summed E-state index contributed by atoms with van der Waals surface area (Å²) >= 11 is 8.29. The van der Waals surface area contributed by atoms with Crippen molar-refractivity contribution >= 4 is 44.5 Å². The van der Waals surface area contributed by atoms with E-state index in [2.05, 4.69) is 21.2 Å². The smallest absolute Gasteiger partial charge is 0.146 e. The lowest BCUT2D eigenvalue weighted by molar-refractivity contribution is 0.632. The maximum Gasteiger partial charge on any atom is 0.146 e. The molecule has 2 nitrogen and oxygen atoms in total. The number of para-hydroxylation sites is 1. The molecule has 0 aliphatic carbocycles. The number of nitrogens with one attached hydrogen (secondary N) is 1. The summed E-state index contributed by atoms with van der Waals surface area (Å²) < 4.78 is 14.3. The number of hydrogen-bond donors (Lipinski definition) is 2. The van der Waals surface area contributed by atoms with E-state index in [9.17, 15) is 4.39 Å². The molecule has 0 spiro atoms. The van der Waals surface area contributed by atoms with Gasteiger partial charge in [-0.15, -0.1) is 0 Å². The van der Waals surface area contributed by atoms with Crippen molar-refractivity contribution in [3.63, 3.8) is 0 Å². The average molecular weight is 325 g/mol. The van der Waals surface area contributed by atoms with Crippen molar-refractivity contribution in [3.05, 3.63) is 58.3 Å². The molecule has 3 N–H and O–H groups in total. The van der Waals surface area contributed by atoms with E-state index in [4.69, 9.17) is 18.0 Å². The lowest BCUT2D eigenvalue weighted by Gasteiger charge is -2.10. The Kier molecular flexibility index (Phi) is 3.93. The van der Waals surface area contributed by atoms with Crippen molar-refractivity contribution in [1.29, 1.82) is 0 Å². The monoisotopic (exact) mass is 324 g/mol. The Morgan fingerprint density at radius 1 is 1.17 bits per heavy atom. The van der Waals surface area contributed by atoms with Crippen LogP contribution in [0.3, 0.4) is 0 Å². The van der Waals surface area contributed by atoms with Crippen LogP contribution in [0.25, 0.3) is 0 Å².